The molecule has 22 heavy (non-hydrogen) atoms. The van der Waals surface area contributed by atoms with Crippen LogP contribution >= 0.6 is 11.6 Å². The fourth-order valence-corrected chi connectivity index (χ4v) is 1.80. The Hall–Kier alpha value is -2.93. The first-order chi connectivity index (χ1) is 10.4. The number of amides is 1. The summed E-state index contributed by atoms with van der Waals surface area (Å²) in [7, 11) is 0. The first-order valence-electron chi connectivity index (χ1n) is 5.95. The van der Waals surface area contributed by atoms with Gasteiger partial charge in [0.1, 0.15) is 5.75 Å². The molecule has 0 atom stereocenters. The molecule has 0 aromatic heterocycles. The molecule has 2 aromatic carbocycles. The van der Waals surface area contributed by atoms with Gasteiger partial charge in [0.05, 0.1) is 11.2 Å². The van der Waals surface area contributed by atoms with E-state index in [1.54, 1.807) is 0 Å². The van der Waals surface area contributed by atoms with E-state index in [-0.39, 0.29) is 16.3 Å². The molecule has 8 heteroatoms. The lowest BCUT2D eigenvalue weighted by atomic mass is 10.2. The minimum atomic E-state index is -0.712. The van der Waals surface area contributed by atoms with Crippen LogP contribution in [0.25, 0.3) is 0 Å². The maximum atomic E-state index is 11.8. The number of nitrogens with one attached hydrogen (secondary N) is 1. The van der Waals surface area contributed by atoms with Crippen molar-refractivity contribution in [2.24, 2.45) is 5.10 Å². The summed E-state index contributed by atoms with van der Waals surface area (Å²) >= 11 is 5.86. The summed E-state index contributed by atoms with van der Waals surface area (Å²) in [6, 6.07) is 6.19. The van der Waals surface area contributed by atoms with Crippen LogP contribution in [-0.2, 0) is 0 Å². The van der Waals surface area contributed by atoms with E-state index >= 15 is 0 Å². The highest BCUT2D eigenvalue weighted by Gasteiger charge is 2.12. The first kappa shape index (κ1) is 15.5. The molecule has 2 aromatic rings. The molecule has 1 amide bonds. The molecular formula is C14H11ClN2O5. The van der Waals surface area contributed by atoms with Gasteiger partial charge >= 0.3 is 0 Å². The Bertz CT molecular complexity index is 738. The number of phenols is 4. The molecule has 0 saturated carbocycles. The zero-order valence-corrected chi connectivity index (χ0v) is 11.7. The van der Waals surface area contributed by atoms with Crippen LogP contribution in [0.3, 0.4) is 0 Å². The zero-order chi connectivity index (χ0) is 16.3. The first-order valence-corrected chi connectivity index (χ1v) is 6.33. The van der Waals surface area contributed by atoms with Gasteiger partial charge in [0, 0.05) is 11.1 Å². The highest BCUT2D eigenvalue weighted by molar-refractivity contribution is 6.33. The summed E-state index contributed by atoms with van der Waals surface area (Å²) in [6.45, 7) is 0. The van der Waals surface area contributed by atoms with Crippen LogP contribution in [0.4, 0.5) is 0 Å². The summed E-state index contributed by atoms with van der Waals surface area (Å²) in [5, 5.41) is 41.0. The van der Waals surface area contributed by atoms with Crippen molar-refractivity contribution < 1.29 is 25.2 Å². The standard InChI is InChI=1S/C14H11ClN2O5/c15-10-5-9(18)2-1-7(10)6-16-17-14(22)8-3-11(19)13(21)12(20)4-8/h1-6,18-21H,(H,17,22)/b16-6+. The van der Waals surface area contributed by atoms with E-state index in [9.17, 15) is 25.2 Å². The summed E-state index contributed by atoms with van der Waals surface area (Å²) in [4.78, 5) is 11.8. The number of hydrogen-bond donors (Lipinski definition) is 5. The predicted molar refractivity (Wildman–Crippen MR) is 79.6 cm³/mol. The molecule has 0 fully saturated rings. The van der Waals surface area contributed by atoms with Gasteiger partial charge in [0.25, 0.3) is 5.91 Å². The highest BCUT2D eigenvalue weighted by Crippen LogP contribution is 2.35. The average Bonchev–Trinajstić information content (AvgIpc) is 2.46. The normalized spacial score (nSPS) is 10.8. The number of benzene rings is 2. The molecule has 0 spiro atoms. The molecule has 0 aliphatic rings. The third kappa shape index (κ3) is 3.39. The van der Waals surface area contributed by atoms with E-state index in [1.165, 1.54) is 24.4 Å². The number of carbonyl (C=O) groups is 1. The average molecular weight is 323 g/mol. The van der Waals surface area contributed by atoms with Gasteiger partial charge in [-0.05, 0) is 30.3 Å². The van der Waals surface area contributed by atoms with Gasteiger partial charge in [0.2, 0.25) is 0 Å². The van der Waals surface area contributed by atoms with Crippen LogP contribution in [0.15, 0.2) is 35.4 Å². The van der Waals surface area contributed by atoms with Crippen molar-refractivity contribution in [3.63, 3.8) is 0 Å². The van der Waals surface area contributed by atoms with Crippen LogP contribution < -0.4 is 5.43 Å². The zero-order valence-electron chi connectivity index (χ0n) is 11.0. The van der Waals surface area contributed by atoms with E-state index in [2.05, 4.69) is 10.5 Å². The minimum Gasteiger partial charge on any atom is -0.508 e. The predicted octanol–water partition coefficient (Wildman–Crippen LogP) is 1.93. The molecule has 0 aliphatic carbocycles. The summed E-state index contributed by atoms with van der Waals surface area (Å²) in [6.07, 6.45) is 1.26. The Morgan fingerprint density at radius 3 is 2.32 bits per heavy atom. The number of aromatic hydroxyl groups is 4. The Balaban J connectivity index is 2.11. The van der Waals surface area contributed by atoms with Crippen molar-refractivity contribution in [1.29, 1.82) is 0 Å². The molecule has 114 valence electrons. The van der Waals surface area contributed by atoms with Gasteiger partial charge < -0.3 is 20.4 Å². The third-order valence-corrected chi connectivity index (χ3v) is 3.01. The Morgan fingerprint density at radius 1 is 1.09 bits per heavy atom. The summed E-state index contributed by atoms with van der Waals surface area (Å²) in [5.74, 6) is -2.68. The Labute approximate surface area is 129 Å². The number of phenolic OH excluding ortho intramolecular Hbond substituents is 4. The van der Waals surface area contributed by atoms with Crippen LogP contribution in [0.5, 0.6) is 23.0 Å². The quantitative estimate of drug-likeness (QED) is 0.336. The molecule has 0 aliphatic heterocycles. The molecule has 5 N–H and O–H groups in total. The molecule has 2 rings (SSSR count). The molecular weight excluding hydrogens is 312 g/mol. The van der Waals surface area contributed by atoms with Crippen molar-refractivity contribution in [3.05, 3.63) is 46.5 Å². The molecule has 7 nitrogen and oxygen atoms in total. The maximum absolute atomic E-state index is 11.8. The van der Waals surface area contributed by atoms with Crippen LogP contribution in [0.2, 0.25) is 5.02 Å². The SMILES string of the molecule is O=C(N/N=C/c1ccc(O)cc1Cl)c1cc(O)c(O)c(O)c1. The fourth-order valence-electron chi connectivity index (χ4n) is 1.58. The Kier molecular flexibility index (Phi) is 4.38. The van der Waals surface area contributed by atoms with E-state index in [0.29, 0.717) is 5.56 Å². The van der Waals surface area contributed by atoms with Crippen LogP contribution in [0.1, 0.15) is 15.9 Å². The molecule has 0 saturated heterocycles. The molecule has 0 heterocycles. The highest BCUT2D eigenvalue weighted by atomic mass is 35.5. The number of halogens is 1. The summed E-state index contributed by atoms with van der Waals surface area (Å²) < 4.78 is 0. The second-order valence-corrected chi connectivity index (χ2v) is 4.68. The minimum absolute atomic E-state index is 0.00114. The number of nitrogens with zero attached hydrogens (tertiary/aromatic N) is 1. The second kappa shape index (κ2) is 6.23. The fraction of sp³-hybridized carbons (Fsp3) is 0. The number of hydrazone groups is 1. The second-order valence-electron chi connectivity index (χ2n) is 4.27. The van der Waals surface area contributed by atoms with E-state index in [1.807, 2.05) is 0 Å². The van der Waals surface area contributed by atoms with Crippen molar-refractivity contribution in [1.82, 2.24) is 5.43 Å². The number of hydrogen-bond acceptors (Lipinski definition) is 6. The third-order valence-electron chi connectivity index (χ3n) is 2.69. The lowest BCUT2D eigenvalue weighted by molar-refractivity contribution is 0.0954. The molecule has 0 radical (unpaired) electrons. The van der Waals surface area contributed by atoms with Gasteiger partial charge in [-0.25, -0.2) is 5.43 Å². The number of rotatable bonds is 3. The van der Waals surface area contributed by atoms with Crippen LogP contribution in [0, 0.1) is 0 Å². The van der Waals surface area contributed by atoms with Gasteiger partial charge in [-0.15, -0.1) is 0 Å². The molecule has 0 bridgehead atoms. The maximum Gasteiger partial charge on any atom is 0.271 e. The largest absolute Gasteiger partial charge is 0.508 e. The molecule has 0 unspecified atom stereocenters. The lowest BCUT2D eigenvalue weighted by Gasteiger charge is -2.04. The van der Waals surface area contributed by atoms with Crippen molar-refractivity contribution in [2.75, 3.05) is 0 Å². The van der Waals surface area contributed by atoms with Gasteiger partial charge in [-0.1, -0.05) is 11.6 Å². The number of carbonyl (C=O) groups excluding carboxylic acids is 1. The Morgan fingerprint density at radius 2 is 1.73 bits per heavy atom. The topological polar surface area (TPSA) is 122 Å². The van der Waals surface area contributed by atoms with Gasteiger partial charge in [0.15, 0.2) is 17.2 Å². The van der Waals surface area contributed by atoms with E-state index < -0.39 is 23.2 Å². The lowest BCUT2D eigenvalue weighted by Crippen LogP contribution is -2.17. The van der Waals surface area contributed by atoms with Gasteiger partial charge in [-0.3, -0.25) is 4.79 Å². The van der Waals surface area contributed by atoms with Crippen molar-refractivity contribution in [2.45, 2.75) is 0 Å². The smallest absolute Gasteiger partial charge is 0.271 e. The van der Waals surface area contributed by atoms with Crippen LogP contribution in [-0.4, -0.2) is 32.5 Å². The van der Waals surface area contributed by atoms with Gasteiger partial charge in [-0.2, -0.15) is 5.10 Å². The van der Waals surface area contributed by atoms with Crippen molar-refractivity contribution >= 4 is 23.7 Å². The van der Waals surface area contributed by atoms with E-state index in [0.717, 1.165) is 12.1 Å². The summed E-state index contributed by atoms with van der Waals surface area (Å²) in [5.41, 5.74) is 2.54. The monoisotopic (exact) mass is 322 g/mol. The van der Waals surface area contributed by atoms with E-state index in [4.69, 9.17) is 11.6 Å². The van der Waals surface area contributed by atoms with Crippen molar-refractivity contribution in [3.8, 4) is 23.0 Å².